The first kappa shape index (κ1) is 17.7. The van der Waals surface area contributed by atoms with Crippen molar-refractivity contribution in [1.29, 1.82) is 0 Å². The zero-order valence-corrected chi connectivity index (χ0v) is 13.7. The zero-order valence-electron chi connectivity index (χ0n) is 7.97. The number of hydrogen-bond acceptors (Lipinski definition) is 5. The molecule has 0 aliphatic rings. The van der Waals surface area contributed by atoms with Crippen LogP contribution in [0.2, 0.25) is 0 Å². The summed E-state index contributed by atoms with van der Waals surface area (Å²) >= 11 is 0. The number of thiol groups is 1. The molecule has 4 nitrogen and oxygen atoms in total. The van der Waals surface area contributed by atoms with Crippen LogP contribution in [0.15, 0.2) is 29.2 Å². The molecular formula is C6H7NNa2O3S2. The molecule has 2 N–H and O–H groups in total. The van der Waals surface area contributed by atoms with Crippen molar-refractivity contribution in [2.75, 3.05) is 5.73 Å². The molecule has 0 heterocycles. The van der Waals surface area contributed by atoms with Crippen LogP contribution in [0.1, 0.15) is 0 Å². The van der Waals surface area contributed by atoms with Crippen molar-refractivity contribution in [1.82, 2.24) is 0 Å². The van der Waals surface area contributed by atoms with Crippen LogP contribution in [-0.4, -0.2) is 13.0 Å². The Morgan fingerprint density at radius 3 is 1.93 bits per heavy atom. The van der Waals surface area contributed by atoms with Gasteiger partial charge in [-0.3, -0.25) is 8.42 Å². The van der Waals surface area contributed by atoms with E-state index in [-0.39, 0.29) is 69.9 Å². The fourth-order valence-corrected chi connectivity index (χ4v) is 2.33. The van der Waals surface area contributed by atoms with E-state index in [0.29, 0.717) is 10.6 Å². The van der Waals surface area contributed by atoms with E-state index < -0.39 is 9.15 Å². The summed E-state index contributed by atoms with van der Waals surface area (Å²) in [5.41, 5.74) is 5.90. The van der Waals surface area contributed by atoms with Gasteiger partial charge in [0, 0.05) is 14.8 Å². The molecule has 0 saturated carbocycles. The predicted molar refractivity (Wildman–Crippen MR) is 47.6 cm³/mol. The van der Waals surface area contributed by atoms with Gasteiger partial charge in [0.2, 0.25) is 0 Å². The minimum atomic E-state index is -4.21. The molecule has 0 aliphatic heterocycles. The number of anilines is 1. The molecule has 0 aliphatic carbocycles. The Bertz CT molecular complexity index is 365. The van der Waals surface area contributed by atoms with E-state index >= 15 is 0 Å². The zero-order chi connectivity index (χ0) is 9.19. The Morgan fingerprint density at radius 1 is 1.14 bits per heavy atom. The summed E-state index contributed by atoms with van der Waals surface area (Å²) in [6.45, 7) is 0. The van der Waals surface area contributed by atoms with Crippen LogP contribution in [0, 0.1) is 0 Å². The van der Waals surface area contributed by atoms with Gasteiger partial charge in [0.25, 0.3) is 0 Å². The van der Waals surface area contributed by atoms with Crippen molar-refractivity contribution >= 4 is 25.6 Å². The van der Waals surface area contributed by atoms with Gasteiger partial charge in [-0.1, -0.05) is 12.1 Å². The first-order valence-corrected chi connectivity index (χ1v) is 5.92. The summed E-state index contributed by atoms with van der Waals surface area (Å²) in [5.74, 6) is 0. The van der Waals surface area contributed by atoms with E-state index in [4.69, 9.17) is 5.73 Å². The quantitative estimate of drug-likeness (QED) is 0.142. The van der Waals surface area contributed by atoms with Crippen LogP contribution in [0.5, 0.6) is 0 Å². The molecule has 1 aromatic carbocycles. The van der Waals surface area contributed by atoms with Crippen molar-refractivity contribution in [3.05, 3.63) is 24.3 Å². The molecule has 68 valence electrons. The van der Waals surface area contributed by atoms with Gasteiger partial charge in [-0.25, -0.2) is 0 Å². The standard InChI is InChI=1S/C6H8NO3S2.2Na/c7-5-1-3-6(4-2-5)11-12(8,9)10;;/h1-4,11H,7H2,(H,8,9,10);;/q-1;2*+1/p-1. The monoisotopic (exact) mass is 251 g/mol. The average molecular weight is 251 g/mol. The molecule has 0 unspecified atom stereocenters. The van der Waals surface area contributed by atoms with Gasteiger partial charge in [-0.05, 0) is 12.1 Å². The second-order valence-corrected chi connectivity index (χ2v) is 5.55. The van der Waals surface area contributed by atoms with Crippen molar-refractivity contribution in [2.45, 2.75) is 4.90 Å². The third-order valence-electron chi connectivity index (χ3n) is 1.11. The summed E-state index contributed by atoms with van der Waals surface area (Å²) in [4.78, 5) is 0.430. The molecule has 1 rings (SSSR count). The van der Waals surface area contributed by atoms with E-state index in [1.54, 1.807) is 12.1 Å². The van der Waals surface area contributed by atoms with Gasteiger partial charge in [0.05, 0.1) is 0 Å². The van der Waals surface area contributed by atoms with Gasteiger partial charge < -0.3 is 21.1 Å². The van der Waals surface area contributed by atoms with Gasteiger partial charge in [-0.15, -0.1) is 4.90 Å². The first-order chi connectivity index (χ1) is 5.47. The molecule has 0 amide bonds. The molecule has 0 saturated heterocycles. The fraction of sp³-hybridized carbons (Fsp3) is 0. The van der Waals surface area contributed by atoms with Gasteiger partial charge in [-0.2, -0.15) is 0 Å². The van der Waals surface area contributed by atoms with Crippen molar-refractivity contribution < 1.29 is 72.1 Å². The van der Waals surface area contributed by atoms with E-state index in [1.807, 2.05) is 0 Å². The normalized spacial score (nSPS) is 10.1. The largest absolute Gasteiger partial charge is 1.00 e. The van der Waals surface area contributed by atoms with E-state index in [9.17, 15) is 13.0 Å². The van der Waals surface area contributed by atoms with E-state index in [2.05, 4.69) is 0 Å². The Kier molecular flexibility index (Phi) is 9.51. The molecule has 0 radical (unpaired) electrons. The summed E-state index contributed by atoms with van der Waals surface area (Å²) in [5, 5.41) is 0. The Balaban J connectivity index is 0. The number of nitrogen functional groups attached to an aromatic ring is 1. The van der Waals surface area contributed by atoms with Crippen LogP contribution in [0.3, 0.4) is 0 Å². The smallest absolute Gasteiger partial charge is 0.765 e. The predicted octanol–water partition coefficient (Wildman–Crippen LogP) is -6.09. The van der Waals surface area contributed by atoms with Crippen LogP contribution in [0.25, 0.3) is 0 Å². The van der Waals surface area contributed by atoms with Gasteiger partial charge in [0.1, 0.15) is 0 Å². The van der Waals surface area contributed by atoms with Crippen LogP contribution < -0.4 is 64.8 Å². The van der Waals surface area contributed by atoms with Crippen molar-refractivity contribution in [2.24, 2.45) is 0 Å². The molecule has 0 bridgehead atoms. The van der Waals surface area contributed by atoms with Gasteiger partial charge in [0.15, 0.2) is 0 Å². The maximum absolute atomic E-state index is 10.3. The summed E-state index contributed by atoms with van der Waals surface area (Å²) < 4.78 is 30.9. The second kappa shape index (κ2) is 7.54. The van der Waals surface area contributed by atoms with Crippen molar-refractivity contribution in [3.63, 3.8) is 0 Å². The topological polar surface area (TPSA) is 83.2 Å². The van der Waals surface area contributed by atoms with Crippen LogP contribution in [0.4, 0.5) is 5.69 Å². The fourth-order valence-electron chi connectivity index (χ4n) is 0.664. The SMILES string of the molecule is Nc1ccc([SH-]S(=O)(=O)[O-])cc1.[Na+].[Na+]. The third kappa shape index (κ3) is 7.56. The minimum absolute atomic E-state index is 0. The number of benzene rings is 1. The van der Waals surface area contributed by atoms with E-state index in [0.717, 1.165) is 0 Å². The van der Waals surface area contributed by atoms with Crippen molar-refractivity contribution in [3.8, 4) is 0 Å². The summed E-state index contributed by atoms with van der Waals surface area (Å²) in [7, 11) is -4.44. The molecule has 8 heteroatoms. The molecule has 14 heavy (non-hydrogen) atoms. The maximum Gasteiger partial charge on any atom is 1.00 e. The average Bonchev–Trinajstić information content (AvgIpc) is 1.91. The second-order valence-electron chi connectivity index (χ2n) is 2.11. The summed E-state index contributed by atoms with van der Waals surface area (Å²) in [6.07, 6.45) is 0. The van der Waals surface area contributed by atoms with Gasteiger partial charge >= 0.3 is 59.1 Å². The molecule has 1 aromatic rings. The number of nitrogens with two attached hydrogens (primary N) is 1. The molecule has 0 spiro atoms. The number of hydrogen-bond donors (Lipinski definition) is 1. The first-order valence-electron chi connectivity index (χ1n) is 3.02. The molecule has 0 aromatic heterocycles. The molecule has 0 atom stereocenters. The molecular weight excluding hydrogens is 244 g/mol. The Morgan fingerprint density at radius 2 is 1.57 bits per heavy atom. The third-order valence-corrected chi connectivity index (χ3v) is 3.15. The van der Waals surface area contributed by atoms with E-state index in [1.165, 1.54) is 12.1 Å². The Hall–Kier alpha value is 1.28. The summed E-state index contributed by atoms with van der Waals surface area (Å²) in [6, 6.07) is 6.11. The number of rotatable bonds is 2. The van der Waals surface area contributed by atoms with Crippen LogP contribution in [-0.2, 0) is 19.9 Å². The Labute approximate surface area is 131 Å². The minimum Gasteiger partial charge on any atom is -0.765 e. The maximum atomic E-state index is 10.3. The molecule has 0 fully saturated rings. The van der Waals surface area contributed by atoms with Crippen LogP contribution >= 0.6 is 0 Å².